The number of aromatic nitrogens is 2. The molecule has 0 amide bonds. The number of hydrogen-bond donors (Lipinski definition) is 1. The highest BCUT2D eigenvalue weighted by molar-refractivity contribution is 9.10. The van der Waals surface area contributed by atoms with Crippen molar-refractivity contribution in [2.75, 3.05) is 5.32 Å². The molecule has 0 saturated heterocycles. The van der Waals surface area contributed by atoms with E-state index < -0.39 is 0 Å². The maximum absolute atomic E-state index is 5.90. The molecular formula is C12H11BrClN3S. The second-order valence-electron chi connectivity index (χ2n) is 4.27. The zero-order valence-corrected chi connectivity index (χ0v) is 12.6. The Morgan fingerprint density at radius 2 is 2.22 bits per heavy atom. The molecule has 0 radical (unpaired) electrons. The van der Waals surface area contributed by atoms with Gasteiger partial charge in [-0.1, -0.05) is 11.6 Å². The molecule has 1 aliphatic carbocycles. The molecule has 0 aliphatic heterocycles. The summed E-state index contributed by atoms with van der Waals surface area (Å²) in [5.41, 5.74) is 0. The molecule has 1 fully saturated rings. The first kappa shape index (κ1) is 12.4. The van der Waals surface area contributed by atoms with Crippen LogP contribution in [0.25, 0.3) is 0 Å². The highest BCUT2D eigenvalue weighted by Crippen LogP contribution is 2.38. The van der Waals surface area contributed by atoms with Gasteiger partial charge in [-0.15, -0.1) is 11.3 Å². The number of halogens is 2. The Balaban J connectivity index is 1.71. The minimum absolute atomic E-state index is 0.555. The molecule has 0 unspecified atom stereocenters. The lowest BCUT2D eigenvalue weighted by molar-refractivity contribution is 0.911. The summed E-state index contributed by atoms with van der Waals surface area (Å²) in [5.74, 6) is 2.36. The highest BCUT2D eigenvalue weighted by atomic mass is 79.9. The van der Waals surface area contributed by atoms with Crippen LogP contribution < -0.4 is 5.32 Å². The standard InChI is InChI=1S/C12H11BrClN3S/c13-9-5-11(17-12(16-9)7-1-2-7)15-6-8-3-4-10(14)18-8/h3-5,7H,1-2,6H2,(H,15,16,17). The van der Waals surface area contributed by atoms with Crippen molar-refractivity contribution in [3.8, 4) is 0 Å². The van der Waals surface area contributed by atoms with Gasteiger partial charge in [0.05, 0.1) is 10.9 Å². The molecule has 1 aliphatic rings. The molecule has 0 bridgehead atoms. The number of anilines is 1. The van der Waals surface area contributed by atoms with Crippen molar-refractivity contribution in [2.45, 2.75) is 25.3 Å². The van der Waals surface area contributed by atoms with E-state index in [-0.39, 0.29) is 0 Å². The van der Waals surface area contributed by atoms with Crippen LogP contribution >= 0.6 is 38.9 Å². The van der Waals surface area contributed by atoms with Gasteiger partial charge in [0.2, 0.25) is 0 Å². The summed E-state index contributed by atoms with van der Waals surface area (Å²) in [6.07, 6.45) is 2.41. The van der Waals surface area contributed by atoms with Crippen molar-refractivity contribution in [1.82, 2.24) is 9.97 Å². The van der Waals surface area contributed by atoms with Gasteiger partial charge in [0, 0.05) is 16.9 Å². The second kappa shape index (κ2) is 5.15. The van der Waals surface area contributed by atoms with Crippen LogP contribution in [0.4, 0.5) is 5.82 Å². The van der Waals surface area contributed by atoms with E-state index in [1.54, 1.807) is 11.3 Å². The smallest absolute Gasteiger partial charge is 0.135 e. The summed E-state index contributed by atoms with van der Waals surface area (Å²) >= 11 is 10.9. The predicted octanol–water partition coefficient (Wildman–Crippen LogP) is 4.44. The number of thiophene rings is 1. The Hall–Kier alpha value is -0.650. The zero-order valence-electron chi connectivity index (χ0n) is 9.49. The molecule has 2 aromatic heterocycles. The third-order valence-electron chi connectivity index (χ3n) is 2.73. The van der Waals surface area contributed by atoms with E-state index >= 15 is 0 Å². The van der Waals surface area contributed by atoms with Gasteiger partial charge < -0.3 is 5.32 Å². The van der Waals surface area contributed by atoms with Crippen molar-refractivity contribution in [3.05, 3.63) is 37.8 Å². The number of rotatable bonds is 4. The monoisotopic (exact) mass is 343 g/mol. The first-order valence-corrected chi connectivity index (χ1v) is 7.72. The summed E-state index contributed by atoms with van der Waals surface area (Å²) in [6, 6.07) is 5.84. The van der Waals surface area contributed by atoms with E-state index in [4.69, 9.17) is 11.6 Å². The maximum atomic E-state index is 5.90. The van der Waals surface area contributed by atoms with Crippen LogP contribution in [0.15, 0.2) is 22.8 Å². The Morgan fingerprint density at radius 3 is 2.89 bits per heavy atom. The van der Waals surface area contributed by atoms with Crippen LogP contribution in [0.3, 0.4) is 0 Å². The molecular weight excluding hydrogens is 334 g/mol. The molecule has 2 heterocycles. The normalized spacial score (nSPS) is 14.8. The van der Waals surface area contributed by atoms with Crippen molar-refractivity contribution >= 4 is 44.7 Å². The molecule has 0 aromatic carbocycles. The van der Waals surface area contributed by atoms with Crippen LogP contribution in [0.5, 0.6) is 0 Å². The van der Waals surface area contributed by atoms with E-state index in [9.17, 15) is 0 Å². The Morgan fingerprint density at radius 1 is 1.39 bits per heavy atom. The molecule has 1 N–H and O–H groups in total. The van der Waals surface area contributed by atoms with E-state index in [0.717, 1.165) is 27.1 Å². The first-order chi connectivity index (χ1) is 8.70. The van der Waals surface area contributed by atoms with E-state index in [0.29, 0.717) is 5.92 Å². The fraction of sp³-hybridized carbons (Fsp3) is 0.333. The van der Waals surface area contributed by atoms with Gasteiger partial charge in [-0.3, -0.25) is 0 Å². The van der Waals surface area contributed by atoms with Crippen molar-refractivity contribution in [2.24, 2.45) is 0 Å². The molecule has 1 saturated carbocycles. The van der Waals surface area contributed by atoms with Crippen LogP contribution in [0.2, 0.25) is 4.34 Å². The molecule has 18 heavy (non-hydrogen) atoms. The van der Waals surface area contributed by atoms with Crippen molar-refractivity contribution in [3.63, 3.8) is 0 Å². The van der Waals surface area contributed by atoms with Gasteiger partial charge in [-0.25, -0.2) is 9.97 Å². The van der Waals surface area contributed by atoms with Crippen LogP contribution in [0.1, 0.15) is 29.5 Å². The Kier molecular flexibility index (Phi) is 3.54. The molecule has 0 spiro atoms. The largest absolute Gasteiger partial charge is 0.365 e. The number of hydrogen-bond acceptors (Lipinski definition) is 4. The second-order valence-corrected chi connectivity index (χ2v) is 6.88. The fourth-order valence-electron chi connectivity index (χ4n) is 1.67. The van der Waals surface area contributed by atoms with E-state index in [1.165, 1.54) is 17.7 Å². The van der Waals surface area contributed by atoms with Crippen LogP contribution in [-0.2, 0) is 6.54 Å². The number of nitrogens with zero attached hydrogens (tertiary/aromatic N) is 2. The van der Waals surface area contributed by atoms with Crippen LogP contribution in [0, 0.1) is 0 Å². The lowest BCUT2D eigenvalue weighted by atomic mass is 10.4. The van der Waals surface area contributed by atoms with Gasteiger partial charge in [0.1, 0.15) is 16.2 Å². The minimum Gasteiger partial charge on any atom is -0.365 e. The quantitative estimate of drug-likeness (QED) is 0.833. The summed E-state index contributed by atoms with van der Waals surface area (Å²) in [4.78, 5) is 10.1. The molecule has 6 heteroatoms. The zero-order chi connectivity index (χ0) is 12.5. The molecule has 3 nitrogen and oxygen atoms in total. The van der Waals surface area contributed by atoms with Gasteiger partial charge in [-0.05, 0) is 40.9 Å². The lowest BCUT2D eigenvalue weighted by Crippen LogP contribution is -2.03. The van der Waals surface area contributed by atoms with Gasteiger partial charge in [0.15, 0.2) is 0 Å². The average Bonchev–Trinajstić information content (AvgIpc) is 3.10. The summed E-state index contributed by atoms with van der Waals surface area (Å²) in [7, 11) is 0. The number of nitrogens with one attached hydrogen (secondary N) is 1. The third kappa shape index (κ3) is 3.02. The van der Waals surface area contributed by atoms with Gasteiger partial charge >= 0.3 is 0 Å². The summed E-state index contributed by atoms with van der Waals surface area (Å²) < 4.78 is 1.65. The SMILES string of the molecule is Clc1ccc(CNc2cc(Br)nc(C3CC3)n2)s1. The molecule has 94 valence electrons. The lowest BCUT2D eigenvalue weighted by Gasteiger charge is -2.06. The molecule has 0 atom stereocenters. The Bertz CT molecular complexity index is 568. The van der Waals surface area contributed by atoms with E-state index in [2.05, 4.69) is 31.2 Å². The van der Waals surface area contributed by atoms with Gasteiger partial charge in [-0.2, -0.15) is 0 Å². The topological polar surface area (TPSA) is 37.8 Å². The predicted molar refractivity (Wildman–Crippen MR) is 78.4 cm³/mol. The maximum Gasteiger partial charge on any atom is 0.135 e. The summed E-state index contributed by atoms with van der Waals surface area (Å²) in [5, 5.41) is 3.31. The molecule has 3 rings (SSSR count). The van der Waals surface area contributed by atoms with Crippen molar-refractivity contribution < 1.29 is 0 Å². The average molecular weight is 345 g/mol. The van der Waals surface area contributed by atoms with Crippen LogP contribution in [-0.4, -0.2) is 9.97 Å². The third-order valence-corrected chi connectivity index (χ3v) is 4.36. The Labute approximate surface area is 123 Å². The van der Waals surface area contributed by atoms with E-state index in [1.807, 2.05) is 18.2 Å². The molecule has 2 aromatic rings. The fourth-order valence-corrected chi connectivity index (χ4v) is 3.10. The van der Waals surface area contributed by atoms with Crippen molar-refractivity contribution in [1.29, 1.82) is 0 Å². The summed E-state index contributed by atoms with van der Waals surface area (Å²) in [6.45, 7) is 0.741. The highest BCUT2D eigenvalue weighted by Gasteiger charge is 2.27. The first-order valence-electron chi connectivity index (χ1n) is 5.73. The van der Waals surface area contributed by atoms with Gasteiger partial charge in [0.25, 0.3) is 0 Å². The minimum atomic E-state index is 0.555.